The molecule has 208 valence electrons. The zero-order chi connectivity index (χ0) is 27.9. The van der Waals surface area contributed by atoms with Crippen molar-refractivity contribution in [2.75, 3.05) is 13.7 Å². The van der Waals surface area contributed by atoms with Crippen LogP contribution in [-0.4, -0.2) is 44.6 Å². The lowest BCUT2D eigenvalue weighted by molar-refractivity contribution is 0.0606. The summed E-state index contributed by atoms with van der Waals surface area (Å²) in [6.45, 7) is 12.2. The average Bonchev–Trinajstić information content (AvgIpc) is 3.43. The van der Waals surface area contributed by atoms with Gasteiger partial charge in [0, 0.05) is 22.4 Å². The minimum Gasteiger partial charge on any atom is -0.465 e. The number of thiophene rings is 1. The van der Waals surface area contributed by atoms with Gasteiger partial charge in [0.15, 0.2) is 8.32 Å². The molecule has 1 N–H and O–H groups in total. The van der Waals surface area contributed by atoms with E-state index in [2.05, 4.69) is 63.9 Å². The molecule has 0 bridgehead atoms. The topological polar surface area (TPSA) is 55.8 Å². The largest absolute Gasteiger partial charge is 0.465 e. The molecule has 0 amide bonds. The number of halogens is 1. The first kappa shape index (κ1) is 30.9. The van der Waals surface area contributed by atoms with Gasteiger partial charge in [-0.15, -0.1) is 22.9 Å². The molecule has 1 heterocycles. The van der Waals surface area contributed by atoms with Crippen LogP contribution in [0.2, 0.25) is 18.1 Å². The zero-order valence-corrected chi connectivity index (χ0v) is 26.3. The summed E-state index contributed by atoms with van der Waals surface area (Å²) in [6, 6.07) is 12.2. The van der Waals surface area contributed by atoms with Gasteiger partial charge in [0.2, 0.25) is 0 Å². The van der Waals surface area contributed by atoms with E-state index in [1.54, 1.807) is 0 Å². The Bertz CT molecular complexity index is 1130. The third kappa shape index (κ3) is 8.44. The van der Waals surface area contributed by atoms with Gasteiger partial charge in [0.05, 0.1) is 19.1 Å². The number of rotatable bonds is 10. The molecule has 0 spiro atoms. The second kappa shape index (κ2) is 13.6. The van der Waals surface area contributed by atoms with Crippen LogP contribution in [0, 0.1) is 23.7 Å². The molecule has 1 fully saturated rings. The molecule has 0 aliphatic heterocycles. The molecule has 7 heteroatoms. The van der Waals surface area contributed by atoms with Crippen molar-refractivity contribution >= 4 is 37.2 Å². The molecular weight excluding hydrogens is 532 g/mol. The highest BCUT2D eigenvalue weighted by molar-refractivity contribution is 7.13. The van der Waals surface area contributed by atoms with Crippen LogP contribution in [0.25, 0.3) is 0 Å². The lowest BCUT2D eigenvalue weighted by Gasteiger charge is -2.36. The number of alkyl halides is 1. The van der Waals surface area contributed by atoms with E-state index in [1.165, 1.54) is 24.0 Å². The number of carbonyl (C=O) groups is 1. The van der Waals surface area contributed by atoms with E-state index >= 15 is 0 Å². The molecule has 2 aromatic rings. The standard InChI is InChI=1S/C31H43ClO4SSi/c1-31(2,3)38(5,6)36-19-9-12-22-10-7-11-23(20-22)15-17-26-25(27(32)21-28(26)33)14-8-13-24-16-18-29(37-24)30(34)35-4/h7,10-11,16,18,20,25-28,33H,8-9,12-14,19,21H2,1-6H3/t25?,26-,27-,28-/m1/s1. The molecule has 4 atom stereocenters. The van der Waals surface area contributed by atoms with Gasteiger partial charge in [-0.05, 0) is 92.4 Å². The predicted octanol–water partition coefficient (Wildman–Crippen LogP) is 7.47. The van der Waals surface area contributed by atoms with E-state index < -0.39 is 14.4 Å². The fourth-order valence-electron chi connectivity index (χ4n) is 4.65. The molecule has 3 rings (SSSR count). The van der Waals surface area contributed by atoms with Crippen LogP contribution >= 0.6 is 22.9 Å². The fourth-order valence-corrected chi connectivity index (χ4v) is 7.17. The summed E-state index contributed by atoms with van der Waals surface area (Å²) in [5, 5.41) is 10.8. The Morgan fingerprint density at radius 2 is 1.95 bits per heavy atom. The van der Waals surface area contributed by atoms with E-state index in [0.29, 0.717) is 11.3 Å². The van der Waals surface area contributed by atoms with Crippen LogP contribution in [0.4, 0.5) is 0 Å². The van der Waals surface area contributed by atoms with Gasteiger partial charge in [-0.25, -0.2) is 4.79 Å². The molecule has 38 heavy (non-hydrogen) atoms. The van der Waals surface area contributed by atoms with E-state index in [4.69, 9.17) is 20.8 Å². The number of methoxy groups -OCH3 is 1. The van der Waals surface area contributed by atoms with Gasteiger partial charge in [-0.2, -0.15) is 0 Å². The molecule has 1 saturated carbocycles. The fraction of sp³-hybridized carbons (Fsp3) is 0.581. The van der Waals surface area contributed by atoms with Gasteiger partial charge < -0.3 is 14.3 Å². The highest BCUT2D eigenvalue weighted by atomic mass is 35.5. The highest BCUT2D eigenvalue weighted by Gasteiger charge is 2.40. The Morgan fingerprint density at radius 3 is 2.66 bits per heavy atom. The first-order chi connectivity index (χ1) is 17.9. The molecule has 4 nitrogen and oxygen atoms in total. The van der Waals surface area contributed by atoms with Crippen molar-refractivity contribution < 1.29 is 19.1 Å². The monoisotopic (exact) mass is 574 g/mol. The third-order valence-corrected chi connectivity index (χ3v) is 14.2. The van der Waals surface area contributed by atoms with Crippen molar-refractivity contribution in [3.63, 3.8) is 0 Å². The summed E-state index contributed by atoms with van der Waals surface area (Å²) in [7, 11) is -0.310. The number of benzene rings is 1. The van der Waals surface area contributed by atoms with E-state index in [-0.39, 0.29) is 28.2 Å². The van der Waals surface area contributed by atoms with Crippen molar-refractivity contribution in [3.8, 4) is 11.8 Å². The summed E-state index contributed by atoms with van der Waals surface area (Å²) >= 11 is 8.13. The van der Waals surface area contributed by atoms with Crippen LogP contribution in [0.15, 0.2) is 36.4 Å². The number of aliphatic hydroxyl groups excluding tert-OH is 1. The van der Waals surface area contributed by atoms with Gasteiger partial charge in [-0.1, -0.05) is 44.7 Å². The lowest BCUT2D eigenvalue weighted by atomic mass is 9.90. The van der Waals surface area contributed by atoms with Gasteiger partial charge in [0.1, 0.15) is 4.88 Å². The average molecular weight is 575 g/mol. The molecule has 1 aromatic carbocycles. The first-order valence-corrected chi connectivity index (χ1v) is 17.8. The quantitative estimate of drug-likeness (QED) is 0.105. The van der Waals surface area contributed by atoms with Crippen LogP contribution in [0.3, 0.4) is 0 Å². The van der Waals surface area contributed by atoms with Crippen LogP contribution < -0.4 is 0 Å². The number of aliphatic hydroxyl groups is 1. The molecule has 1 aliphatic carbocycles. The Morgan fingerprint density at radius 1 is 1.18 bits per heavy atom. The Kier molecular flexibility index (Phi) is 11.1. The molecule has 0 radical (unpaired) electrons. The minimum absolute atomic E-state index is 0.0782. The normalized spacial score (nSPS) is 21.7. The second-order valence-corrected chi connectivity index (χ2v) is 18.4. The summed E-state index contributed by atoms with van der Waals surface area (Å²) in [6.07, 6.45) is 4.73. The maximum absolute atomic E-state index is 11.7. The SMILES string of the molecule is COC(=O)c1ccc(CCCC2[C@H](Cl)C[C@@H](O)[C@@H]2C#Cc2cccc(CCCO[Si](C)(C)C(C)(C)C)c2)s1. The van der Waals surface area contributed by atoms with Crippen molar-refractivity contribution in [1.29, 1.82) is 0 Å². The Labute approximate surface area is 239 Å². The van der Waals surface area contributed by atoms with Crippen LogP contribution in [0.1, 0.15) is 72.1 Å². The molecule has 1 aromatic heterocycles. The summed E-state index contributed by atoms with van der Waals surface area (Å²) in [5.41, 5.74) is 2.24. The Balaban J connectivity index is 1.55. The molecule has 1 aliphatic rings. The van der Waals surface area contributed by atoms with Crippen molar-refractivity contribution in [2.45, 2.75) is 88.9 Å². The van der Waals surface area contributed by atoms with E-state index in [9.17, 15) is 9.90 Å². The predicted molar refractivity (Wildman–Crippen MR) is 161 cm³/mol. The first-order valence-electron chi connectivity index (χ1n) is 13.6. The van der Waals surface area contributed by atoms with Gasteiger partial charge >= 0.3 is 5.97 Å². The maximum atomic E-state index is 11.7. The number of esters is 1. The molecule has 1 unspecified atom stereocenters. The van der Waals surface area contributed by atoms with E-state index in [1.807, 2.05) is 18.2 Å². The van der Waals surface area contributed by atoms with Crippen molar-refractivity contribution in [3.05, 3.63) is 57.3 Å². The van der Waals surface area contributed by atoms with Gasteiger partial charge in [0.25, 0.3) is 0 Å². The number of hydrogen-bond acceptors (Lipinski definition) is 5. The van der Waals surface area contributed by atoms with Crippen molar-refractivity contribution in [1.82, 2.24) is 0 Å². The van der Waals surface area contributed by atoms with Crippen molar-refractivity contribution in [2.24, 2.45) is 11.8 Å². The number of carbonyl (C=O) groups excluding carboxylic acids is 1. The lowest BCUT2D eigenvalue weighted by Crippen LogP contribution is -2.41. The summed E-state index contributed by atoms with van der Waals surface area (Å²) in [4.78, 5) is 13.5. The van der Waals surface area contributed by atoms with Crippen LogP contribution in [0.5, 0.6) is 0 Å². The highest BCUT2D eigenvalue weighted by Crippen LogP contribution is 2.39. The van der Waals surface area contributed by atoms with Crippen LogP contribution in [-0.2, 0) is 22.0 Å². The number of hydrogen-bond donors (Lipinski definition) is 1. The molecular formula is C31H43ClO4SSi. The summed E-state index contributed by atoms with van der Waals surface area (Å²) in [5.74, 6) is 6.43. The number of aryl methyl sites for hydroxylation is 2. The van der Waals surface area contributed by atoms with Gasteiger partial charge in [-0.3, -0.25) is 0 Å². The second-order valence-electron chi connectivity index (χ2n) is 11.8. The minimum atomic E-state index is -1.71. The molecule has 0 saturated heterocycles. The number of ether oxygens (including phenoxy) is 1. The smallest absolute Gasteiger partial charge is 0.348 e. The zero-order valence-electron chi connectivity index (χ0n) is 23.7. The Hall–Kier alpha value is -1.62. The summed E-state index contributed by atoms with van der Waals surface area (Å²) < 4.78 is 11.1. The maximum Gasteiger partial charge on any atom is 0.348 e. The van der Waals surface area contributed by atoms with E-state index in [0.717, 1.165) is 49.2 Å². The third-order valence-electron chi connectivity index (χ3n) is 8.00.